The van der Waals surface area contributed by atoms with E-state index in [0.717, 1.165) is 53.7 Å². The first kappa shape index (κ1) is 14.8. The first-order valence-electron chi connectivity index (χ1n) is 7.02. The predicted molar refractivity (Wildman–Crippen MR) is 87.3 cm³/mol. The van der Waals surface area contributed by atoms with E-state index < -0.39 is 0 Å². The van der Waals surface area contributed by atoms with E-state index in [2.05, 4.69) is 56.2 Å². The van der Waals surface area contributed by atoms with Gasteiger partial charge in [0, 0.05) is 34.6 Å². The van der Waals surface area contributed by atoms with Gasteiger partial charge in [-0.2, -0.15) is 0 Å². The second kappa shape index (κ2) is 5.95. The van der Waals surface area contributed by atoms with E-state index in [9.17, 15) is 0 Å². The molecule has 0 radical (unpaired) electrons. The fourth-order valence-corrected chi connectivity index (χ4v) is 4.70. The lowest BCUT2D eigenvalue weighted by atomic mass is 9.89. The first-order chi connectivity index (χ1) is 9.58. The van der Waals surface area contributed by atoms with Gasteiger partial charge in [-0.05, 0) is 69.3 Å². The average Bonchev–Trinajstić information content (AvgIpc) is 2.82. The predicted octanol–water partition coefficient (Wildman–Crippen LogP) is 4.27. The van der Waals surface area contributed by atoms with Gasteiger partial charge in [0.1, 0.15) is 0 Å². The van der Waals surface area contributed by atoms with Crippen LogP contribution in [0.25, 0.3) is 0 Å². The van der Waals surface area contributed by atoms with E-state index in [1.165, 1.54) is 5.56 Å². The van der Waals surface area contributed by atoms with Gasteiger partial charge >= 0.3 is 0 Å². The minimum atomic E-state index is -0.0560. The quantitative estimate of drug-likeness (QED) is 0.798. The van der Waals surface area contributed by atoms with Crippen LogP contribution in [0.5, 0.6) is 0 Å². The molecule has 110 valence electrons. The number of anilines is 1. The summed E-state index contributed by atoms with van der Waals surface area (Å²) in [7, 11) is 0. The van der Waals surface area contributed by atoms with Gasteiger partial charge in [-0.1, -0.05) is 0 Å². The molecule has 2 fully saturated rings. The minimum absolute atomic E-state index is 0.0560. The van der Waals surface area contributed by atoms with Gasteiger partial charge in [0.15, 0.2) is 0 Å². The van der Waals surface area contributed by atoms with Crippen LogP contribution in [0.3, 0.4) is 0 Å². The normalized spacial score (nSPS) is 29.9. The van der Waals surface area contributed by atoms with Crippen molar-refractivity contribution in [3.63, 3.8) is 0 Å². The Morgan fingerprint density at radius 1 is 1.25 bits per heavy atom. The maximum atomic E-state index is 5.99. The summed E-state index contributed by atoms with van der Waals surface area (Å²) in [5.74, 6) is 0. The van der Waals surface area contributed by atoms with Crippen molar-refractivity contribution in [3.8, 4) is 0 Å². The molecule has 2 heterocycles. The first-order valence-corrected chi connectivity index (χ1v) is 8.60. The van der Waals surface area contributed by atoms with Gasteiger partial charge in [0.05, 0.1) is 17.9 Å². The van der Waals surface area contributed by atoms with Crippen LogP contribution in [0, 0.1) is 6.92 Å². The highest BCUT2D eigenvalue weighted by Gasteiger charge is 2.41. The third-order valence-electron chi connectivity index (χ3n) is 4.10. The zero-order valence-electron chi connectivity index (χ0n) is 11.5. The van der Waals surface area contributed by atoms with Crippen molar-refractivity contribution >= 4 is 37.5 Å². The third kappa shape index (κ3) is 3.06. The molecule has 3 nitrogen and oxygen atoms in total. The Hall–Kier alpha value is -0.100. The number of benzene rings is 1. The molecule has 0 amide bonds. The van der Waals surface area contributed by atoms with E-state index in [1.54, 1.807) is 0 Å². The maximum absolute atomic E-state index is 5.99. The van der Waals surface area contributed by atoms with Crippen molar-refractivity contribution in [2.75, 3.05) is 25.1 Å². The smallest absolute Gasteiger partial charge is 0.0956 e. The van der Waals surface area contributed by atoms with Gasteiger partial charge in [-0.25, -0.2) is 0 Å². The molecule has 3 rings (SSSR count). The molecular formula is C15H19Br2NO2. The maximum Gasteiger partial charge on any atom is 0.0956 e. The van der Waals surface area contributed by atoms with E-state index in [0.29, 0.717) is 6.04 Å². The summed E-state index contributed by atoms with van der Waals surface area (Å²) in [5.41, 5.74) is 2.32. The molecule has 2 atom stereocenters. The molecule has 1 aromatic rings. The monoisotopic (exact) mass is 403 g/mol. The number of hydrogen-bond donors (Lipinski definition) is 1. The number of hydrogen-bond acceptors (Lipinski definition) is 3. The molecular weight excluding hydrogens is 386 g/mol. The SMILES string of the molecule is Cc1cc(Br)c(NC2CCOC3(CCOC3)C2)c(Br)c1. The van der Waals surface area contributed by atoms with Crippen LogP contribution < -0.4 is 5.32 Å². The van der Waals surface area contributed by atoms with Gasteiger partial charge in [-0.3, -0.25) is 0 Å². The Labute approximate surface area is 136 Å². The zero-order chi connectivity index (χ0) is 14.2. The van der Waals surface area contributed by atoms with Gasteiger partial charge < -0.3 is 14.8 Å². The van der Waals surface area contributed by atoms with Gasteiger partial charge in [-0.15, -0.1) is 0 Å². The van der Waals surface area contributed by atoms with Crippen LogP contribution in [0.1, 0.15) is 24.8 Å². The molecule has 0 bridgehead atoms. The number of nitrogens with one attached hydrogen (secondary N) is 1. The lowest BCUT2D eigenvalue weighted by Crippen LogP contribution is -2.45. The second-order valence-electron chi connectivity index (χ2n) is 5.77. The number of aryl methyl sites for hydroxylation is 1. The Balaban J connectivity index is 1.74. The van der Waals surface area contributed by atoms with E-state index in [4.69, 9.17) is 9.47 Å². The number of ether oxygens (including phenoxy) is 2. The molecule has 20 heavy (non-hydrogen) atoms. The highest BCUT2D eigenvalue weighted by atomic mass is 79.9. The molecule has 0 saturated carbocycles. The largest absolute Gasteiger partial charge is 0.380 e. The van der Waals surface area contributed by atoms with Crippen LogP contribution in [-0.2, 0) is 9.47 Å². The molecule has 0 aliphatic carbocycles. The number of halogens is 2. The summed E-state index contributed by atoms with van der Waals surface area (Å²) in [5, 5.41) is 3.67. The Morgan fingerprint density at radius 2 is 2.00 bits per heavy atom. The molecule has 1 aromatic carbocycles. The summed E-state index contributed by atoms with van der Waals surface area (Å²) < 4.78 is 13.7. The van der Waals surface area contributed by atoms with Crippen LogP contribution in [-0.4, -0.2) is 31.5 Å². The van der Waals surface area contributed by atoms with Crippen molar-refractivity contribution in [2.45, 2.75) is 37.8 Å². The lowest BCUT2D eigenvalue weighted by molar-refractivity contribution is -0.0828. The molecule has 1 N–H and O–H groups in total. The lowest BCUT2D eigenvalue weighted by Gasteiger charge is -2.38. The Morgan fingerprint density at radius 3 is 2.65 bits per heavy atom. The molecule has 5 heteroatoms. The Bertz CT molecular complexity index is 478. The highest BCUT2D eigenvalue weighted by molar-refractivity contribution is 9.11. The van der Waals surface area contributed by atoms with Gasteiger partial charge in [0.2, 0.25) is 0 Å². The summed E-state index contributed by atoms with van der Waals surface area (Å²) in [4.78, 5) is 0. The summed E-state index contributed by atoms with van der Waals surface area (Å²) >= 11 is 7.30. The molecule has 2 saturated heterocycles. The molecule has 1 spiro atoms. The van der Waals surface area contributed by atoms with Crippen molar-refractivity contribution in [3.05, 3.63) is 26.6 Å². The van der Waals surface area contributed by atoms with E-state index >= 15 is 0 Å². The zero-order valence-corrected chi connectivity index (χ0v) is 14.7. The highest BCUT2D eigenvalue weighted by Crippen LogP contribution is 2.37. The van der Waals surface area contributed by atoms with Crippen molar-refractivity contribution in [1.29, 1.82) is 0 Å². The van der Waals surface area contributed by atoms with Crippen molar-refractivity contribution < 1.29 is 9.47 Å². The van der Waals surface area contributed by atoms with Crippen LogP contribution in [0.4, 0.5) is 5.69 Å². The van der Waals surface area contributed by atoms with E-state index in [-0.39, 0.29) is 5.60 Å². The topological polar surface area (TPSA) is 30.5 Å². The molecule has 2 aliphatic heterocycles. The Kier molecular flexibility index (Phi) is 4.41. The standard InChI is InChI=1S/C15H19Br2NO2/c1-10-6-12(16)14(13(17)7-10)18-11-2-4-20-15(8-11)3-5-19-9-15/h6-7,11,18H,2-5,8-9H2,1H3. The van der Waals surface area contributed by atoms with Crippen molar-refractivity contribution in [2.24, 2.45) is 0 Å². The summed E-state index contributed by atoms with van der Waals surface area (Å²) in [6.07, 6.45) is 3.07. The number of rotatable bonds is 2. The van der Waals surface area contributed by atoms with Crippen molar-refractivity contribution in [1.82, 2.24) is 0 Å². The molecule has 2 unspecified atom stereocenters. The second-order valence-corrected chi connectivity index (χ2v) is 7.48. The van der Waals surface area contributed by atoms with Crippen LogP contribution in [0.2, 0.25) is 0 Å². The average molecular weight is 405 g/mol. The molecule has 0 aromatic heterocycles. The summed E-state index contributed by atoms with van der Waals surface area (Å²) in [6.45, 7) is 4.47. The fraction of sp³-hybridized carbons (Fsp3) is 0.600. The third-order valence-corrected chi connectivity index (χ3v) is 5.35. The molecule has 2 aliphatic rings. The van der Waals surface area contributed by atoms with Gasteiger partial charge in [0.25, 0.3) is 0 Å². The minimum Gasteiger partial charge on any atom is -0.380 e. The summed E-state index contributed by atoms with van der Waals surface area (Å²) in [6, 6.07) is 4.71. The van der Waals surface area contributed by atoms with Crippen LogP contribution in [0.15, 0.2) is 21.1 Å². The van der Waals surface area contributed by atoms with Crippen LogP contribution >= 0.6 is 31.9 Å². The van der Waals surface area contributed by atoms with E-state index in [1.807, 2.05) is 0 Å². The fourth-order valence-electron chi connectivity index (χ4n) is 3.06.